The maximum Gasteiger partial charge on any atom is 0.229 e. The molecule has 0 unspecified atom stereocenters. The van der Waals surface area contributed by atoms with Gasteiger partial charge in [-0.05, 0) is 147 Å². The molecule has 8 rings (SSSR count). The lowest BCUT2D eigenvalue weighted by atomic mass is 9.80. The van der Waals surface area contributed by atoms with E-state index in [-0.39, 0.29) is 10.8 Å². The molecule has 1 aliphatic heterocycles. The van der Waals surface area contributed by atoms with Gasteiger partial charge in [0.15, 0.2) is 0 Å². The molecule has 5 N–H and O–H groups in total. The molecule has 0 saturated carbocycles. The summed E-state index contributed by atoms with van der Waals surface area (Å²) in [4.78, 5) is 23.6. The number of imidazole rings is 1. The van der Waals surface area contributed by atoms with E-state index in [4.69, 9.17) is 15.0 Å². The smallest absolute Gasteiger partial charge is 0.229 e. The molecule has 0 radical (unpaired) electrons. The van der Waals surface area contributed by atoms with Gasteiger partial charge in [-0.3, -0.25) is 0 Å². The van der Waals surface area contributed by atoms with Crippen LogP contribution in [0.2, 0.25) is 0 Å². The van der Waals surface area contributed by atoms with Gasteiger partial charge >= 0.3 is 0 Å². The van der Waals surface area contributed by atoms with E-state index in [9.17, 15) is 0 Å². The second-order valence-electron chi connectivity index (χ2n) is 18.2. The second-order valence-corrected chi connectivity index (χ2v) is 18.2. The summed E-state index contributed by atoms with van der Waals surface area (Å²) < 4.78 is 2.07. The molecule has 0 atom stereocenters. The summed E-state index contributed by atoms with van der Waals surface area (Å²) in [6, 6.07) is 34.1. The fourth-order valence-corrected chi connectivity index (χ4v) is 7.80. The molecule has 0 aliphatic carbocycles. The number of nitrogens with one attached hydrogen (secondary N) is 5. The molecule has 0 bridgehead atoms. The zero-order valence-electron chi connectivity index (χ0n) is 37.1. The van der Waals surface area contributed by atoms with Crippen molar-refractivity contribution >= 4 is 46.3 Å². The third-order valence-electron chi connectivity index (χ3n) is 11.9. The summed E-state index contributed by atoms with van der Waals surface area (Å²) in [6.07, 6.45) is 11.9. The molecule has 0 spiro atoms. The summed E-state index contributed by atoms with van der Waals surface area (Å²) in [6.45, 7) is 17.5. The van der Waals surface area contributed by atoms with Crippen LogP contribution in [0.25, 0.3) is 5.69 Å². The topological polar surface area (TPSA) is 130 Å². The Balaban J connectivity index is 0.859. The molecule has 4 heterocycles. The van der Waals surface area contributed by atoms with Crippen molar-refractivity contribution in [1.82, 2.24) is 34.8 Å². The number of aromatic nitrogens is 6. The Hall–Kier alpha value is -6.59. The van der Waals surface area contributed by atoms with Gasteiger partial charge in [0.1, 0.15) is 11.6 Å². The quantitative estimate of drug-likeness (QED) is 0.0722. The van der Waals surface area contributed by atoms with Crippen molar-refractivity contribution in [2.75, 3.05) is 34.4 Å². The summed E-state index contributed by atoms with van der Waals surface area (Å²) in [5.41, 5.74) is 11.8. The first-order chi connectivity index (χ1) is 29.8. The van der Waals surface area contributed by atoms with Crippen molar-refractivity contribution in [3.63, 3.8) is 0 Å². The normalized spacial score (nSPS) is 13.5. The van der Waals surface area contributed by atoms with Crippen LogP contribution in [0.15, 0.2) is 122 Å². The van der Waals surface area contributed by atoms with E-state index in [1.54, 1.807) is 0 Å². The highest BCUT2D eigenvalue weighted by atomic mass is 15.2. The Kier molecular flexibility index (Phi) is 12.3. The van der Waals surface area contributed by atoms with Crippen LogP contribution >= 0.6 is 0 Å². The van der Waals surface area contributed by atoms with Crippen molar-refractivity contribution in [2.45, 2.75) is 90.9 Å². The molecular weight excluding hydrogens is 767 g/mol. The molecule has 318 valence electrons. The monoisotopic (exact) mass is 825 g/mol. The predicted molar refractivity (Wildman–Crippen MR) is 254 cm³/mol. The molecule has 1 aliphatic rings. The molecule has 3 aromatic heterocycles. The molecule has 11 nitrogen and oxygen atoms in total. The van der Waals surface area contributed by atoms with E-state index in [1.165, 1.54) is 29.5 Å². The average Bonchev–Trinajstić information content (AvgIpc) is 3.75. The van der Waals surface area contributed by atoms with Crippen LogP contribution in [-0.4, -0.2) is 42.6 Å². The SMILES string of the molecule is Cc1cnc(Nc2ccc(-n3cnc(CCC(C)(C)c4cccc(Nc5nc(Nc6ccc(C7CCNCC7)cc6)ncc5C)c4)c3)cc2)nc1Nc1cccc(C(C)(C)C)c1. The van der Waals surface area contributed by atoms with Crippen molar-refractivity contribution < 1.29 is 0 Å². The van der Waals surface area contributed by atoms with E-state index < -0.39 is 0 Å². The van der Waals surface area contributed by atoms with Crippen LogP contribution in [0.4, 0.5) is 46.3 Å². The van der Waals surface area contributed by atoms with Crippen LogP contribution in [0.3, 0.4) is 0 Å². The standard InChI is InChI=1S/C51H59N11/c1-34-30-54-49(60-46(34)56-42-12-8-10-38(28-42)50(3,4)5)59-41-18-20-45(21-19-41)62-32-44(55-33-62)22-25-51(6,7)39-11-9-13-43(29-39)57-47-35(2)31-53-48(61-47)58-40-16-14-36(15-17-40)37-23-26-52-27-24-37/h8-21,28-33,37,52H,22-27H2,1-7H3,(H2,53,57,58,61)(H2,54,56,59,60). The van der Waals surface area contributed by atoms with Crippen molar-refractivity contribution in [2.24, 2.45) is 0 Å². The number of benzene rings is 4. The highest BCUT2D eigenvalue weighted by Gasteiger charge is 2.22. The third kappa shape index (κ3) is 10.5. The number of anilines is 8. The Bertz CT molecular complexity index is 2600. The van der Waals surface area contributed by atoms with Crippen LogP contribution in [0.5, 0.6) is 0 Å². The third-order valence-corrected chi connectivity index (χ3v) is 11.9. The van der Waals surface area contributed by atoms with E-state index >= 15 is 0 Å². The van der Waals surface area contributed by atoms with E-state index in [1.807, 2.05) is 44.7 Å². The highest BCUT2D eigenvalue weighted by molar-refractivity contribution is 5.65. The molecule has 62 heavy (non-hydrogen) atoms. The number of piperidine rings is 1. The van der Waals surface area contributed by atoms with Gasteiger partial charge in [0.05, 0.1) is 12.0 Å². The molecule has 1 saturated heterocycles. The Labute approximate surface area is 366 Å². The lowest BCUT2D eigenvalue weighted by molar-refractivity contribution is 0.460. The number of nitrogens with zero attached hydrogens (tertiary/aromatic N) is 6. The predicted octanol–water partition coefficient (Wildman–Crippen LogP) is 11.7. The Morgan fingerprint density at radius 1 is 0.629 bits per heavy atom. The van der Waals surface area contributed by atoms with E-state index in [0.717, 1.165) is 82.8 Å². The number of hydrogen-bond acceptors (Lipinski definition) is 10. The first-order valence-corrected chi connectivity index (χ1v) is 21.8. The van der Waals surface area contributed by atoms with Gasteiger partial charge in [0, 0.05) is 58.2 Å². The van der Waals surface area contributed by atoms with E-state index in [0.29, 0.717) is 17.8 Å². The Morgan fingerprint density at radius 3 is 1.76 bits per heavy atom. The van der Waals surface area contributed by atoms with E-state index in [2.05, 4.69) is 167 Å². The van der Waals surface area contributed by atoms with Crippen LogP contribution in [0.1, 0.15) is 93.3 Å². The van der Waals surface area contributed by atoms with Crippen molar-refractivity contribution in [3.8, 4) is 5.69 Å². The van der Waals surface area contributed by atoms with Crippen LogP contribution in [-0.2, 0) is 17.3 Å². The lowest BCUT2D eigenvalue weighted by Crippen LogP contribution is -2.26. The molecule has 1 fully saturated rings. The first kappa shape index (κ1) is 42.1. The number of rotatable bonds is 14. The average molecular weight is 826 g/mol. The van der Waals surface area contributed by atoms with Gasteiger partial charge in [0.2, 0.25) is 11.9 Å². The first-order valence-electron chi connectivity index (χ1n) is 21.8. The fraction of sp³-hybridized carbons (Fsp3) is 0.314. The maximum absolute atomic E-state index is 4.86. The van der Waals surface area contributed by atoms with Gasteiger partial charge in [-0.2, -0.15) is 9.97 Å². The molecule has 0 amide bonds. The minimum absolute atomic E-state index is 0.0590. The summed E-state index contributed by atoms with van der Waals surface area (Å²) in [5, 5.41) is 17.3. The zero-order valence-corrected chi connectivity index (χ0v) is 37.1. The van der Waals surface area contributed by atoms with Gasteiger partial charge in [0.25, 0.3) is 0 Å². The molecule has 11 heteroatoms. The minimum Gasteiger partial charge on any atom is -0.340 e. The number of hydrogen-bond donors (Lipinski definition) is 5. The minimum atomic E-state index is -0.0909. The number of aryl methyl sites for hydroxylation is 3. The van der Waals surface area contributed by atoms with Crippen molar-refractivity contribution in [1.29, 1.82) is 0 Å². The summed E-state index contributed by atoms with van der Waals surface area (Å²) >= 11 is 0. The lowest BCUT2D eigenvalue weighted by Gasteiger charge is -2.26. The van der Waals surface area contributed by atoms with Crippen molar-refractivity contribution in [3.05, 3.63) is 155 Å². The summed E-state index contributed by atoms with van der Waals surface area (Å²) in [5.74, 6) is 3.27. The summed E-state index contributed by atoms with van der Waals surface area (Å²) in [7, 11) is 0. The zero-order chi connectivity index (χ0) is 43.3. The molecular formula is C51H59N11. The maximum atomic E-state index is 4.86. The Morgan fingerprint density at radius 2 is 1.18 bits per heavy atom. The second kappa shape index (κ2) is 18.2. The fourth-order valence-electron chi connectivity index (χ4n) is 7.80. The van der Waals surface area contributed by atoms with Crippen LogP contribution < -0.4 is 26.6 Å². The van der Waals surface area contributed by atoms with Gasteiger partial charge in [-0.15, -0.1) is 0 Å². The molecule has 4 aromatic carbocycles. The van der Waals surface area contributed by atoms with Gasteiger partial charge in [-0.25, -0.2) is 15.0 Å². The van der Waals surface area contributed by atoms with Crippen LogP contribution in [0, 0.1) is 13.8 Å². The largest absolute Gasteiger partial charge is 0.340 e. The van der Waals surface area contributed by atoms with Gasteiger partial charge < -0.3 is 31.2 Å². The molecule has 7 aromatic rings. The highest BCUT2D eigenvalue weighted by Crippen LogP contribution is 2.33. The van der Waals surface area contributed by atoms with Gasteiger partial charge in [-0.1, -0.05) is 71.0 Å².